The van der Waals surface area contributed by atoms with Crippen LogP contribution in [0.3, 0.4) is 0 Å². The van der Waals surface area contributed by atoms with Crippen molar-refractivity contribution in [3.63, 3.8) is 0 Å². The summed E-state index contributed by atoms with van der Waals surface area (Å²) < 4.78 is 20.8. The van der Waals surface area contributed by atoms with Crippen LogP contribution in [-0.2, 0) is 25.6 Å². The summed E-state index contributed by atoms with van der Waals surface area (Å²) in [5.41, 5.74) is 6.41. The molecule has 0 bridgehead atoms. The lowest BCUT2D eigenvalue weighted by Crippen LogP contribution is -2.41. The molecule has 2 saturated heterocycles. The average molecular weight is 918 g/mol. The predicted molar refractivity (Wildman–Crippen MR) is 250 cm³/mol. The highest BCUT2D eigenvalue weighted by atomic mass is 16.6. The van der Waals surface area contributed by atoms with Crippen LogP contribution in [0.5, 0.6) is 0 Å². The molecule has 2 aromatic carbocycles. The zero-order valence-corrected chi connectivity index (χ0v) is 39.5. The Hall–Kier alpha value is -6.68. The lowest BCUT2D eigenvalue weighted by molar-refractivity contribution is 0.0278. The standard InChI is InChI=1S/C18H23N3O4.C10H17N3O2.C10H14N2O2.C9H10O.CH4.H3N/c1-18(2,3)25-17(23)21-10-14(9-19)15(11-21)20-16(22)24-12-13-7-5-4-6-8-13;1-10(2,3)15-9(14)13-5-7(4-11)8(12)6-13;1-10(2,3)14-9(13)12-5-4-8(6-11)7-12;1-2-9(10)8-6-4-3-5-7-8;;/h4-8,14-15H,10-12H2,1-3H3,(H,20,22);7-8H,5-6,12H2,1-3H3;4H,5,7H2,1-3H3;3-7H,2H2,1H3;1H4;1H3. The molecule has 0 aromatic heterocycles. The Labute approximate surface area is 391 Å². The van der Waals surface area contributed by atoms with Gasteiger partial charge in [0.1, 0.15) is 23.4 Å². The molecule has 362 valence electrons. The molecule has 18 nitrogen and oxygen atoms in total. The zero-order valence-electron chi connectivity index (χ0n) is 39.5. The molecule has 4 atom stereocenters. The Morgan fingerprint density at radius 3 is 1.58 bits per heavy atom. The van der Waals surface area contributed by atoms with Gasteiger partial charge in [-0.05, 0) is 74.0 Å². The first kappa shape index (κ1) is 59.3. The fourth-order valence-corrected chi connectivity index (χ4v) is 5.84. The summed E-state index contributed by atoms with van der Waals surface area (Å²) in [6.07, 6.45) is 0.470. The van der Waals surface area contributed by atoms with E-state index in [0.29, 0.717) is 38.2 Å². The van der Waals surface area contributed by atoms with Gasteiger partial charge in [-0.15, -0.1) is 0 Å². The molecule has 6 N–H and O–H groups in total. The molecule has 0 aliphatic carbocycles. The summed E-state index contributed by atoms with van der Waals surface area (Å²) in [6, 6.07) is 24.1. The van der Waals surface area contributed by atoms with E-state index < -0.39 is 47.0 Å². The minimum Gasteiger partial charge on any atom is -0.445 e. The quantitative estimate of drug-likeness (QED) is 0.189. The third kappa shape index (κ3) is 22.3. The largest absolute Gasteiger partial charge is 0.445 e. The molecule has 4 amide bonds. The first-order valence-corrected chi connectivity index (χ1v) is 21.0. The van der Waals surface area contributed by atoms with Crippen molar-refractivity contribution in [1.82, 2.24) is 26.2 Å². The normalized spacial score (nSPS) is 18.3. The van der Waals surface area contributed by atoms with Gasteiger partial charge in [-0.2, -0.15) is 15.8 Å². The molecule has 4 unspecified atom stereocenters. The number of ketones is 1. The number of carbonyl (C=O) groups excluding carboxylic acids is 5. The Morgan fingerprint density at radius 2 is 1.15 bits per heavy atom. The van der Waals surface area contributed by atoms with Crippen molar-refractivity contribution in [3.8, 4) is 18.2 Å². The highest BCUT2D eigenvalue weighted by molar-refractivity contribution is 5.95. The second-order valence-electron chi connectivity index (χ2n) is 18.1. The molecule has 3 heterocycles. The number of Topliss-reactive ketones (excluding diaryl/α,β-unsaturated/α-hetero) is 1. The first-order chi connectivity index (χ1) is 29.9. The maximum Gasteiger partial charge on any atom is 0.410 e. The first-order valence-electron chi connectivity index (χ1n) is 21.0. The molecule has 5 rings (SSSR count). The predicted octanol–water partition coefficient (Wildman–Crippen LogP) is 8.14. The number of nitrogens with two attached hydrogens (primary N) is 1. The van der Waals surface area contributed by atoms with Crippen molar-refractivity contribution < 1.29 is 42.9 Å². The van der Waals surface area contributed by atoms with Gasteiger partial charge in [-0.1, -0.05) is 75.0 Å². The van der Waals surface area contributed by atoms with Crippen LogP contribution < -0.4 is 17.2 Å². The van der Waals surface area contributed by atoms with Gasteiger partial charge in [0.2, 0.25) is 0 Å². The number of alkyl carbamates (subject to hydrolysis) is 1. The van der Waals surface area contributed by atoms with Gasteiger partial charge < -0.3 is 45.9 Å². The van der Waals surface area contributed by atoms with Crippen LogP contribution in [0, 0.1) is 45.8 Å². The van der Waals surface area contributed by atoms with Crippen molar-refractivity contribution in [3.05, 3.63) is 83.4 Å². The second-order valence-corrected chi connectivity index (χ2v) is 18.1. The molecular formula is C48H71N9O9. The average Bonchev–Trinajstić information content (AvgIpc) is 3.98. The topological polar surface area (TPSA) is 276 Å². The summed E-state index contributed by atoms with van der Waals surface area (Å²) in [4.78, 5) is 62.6. The monoisotopic (exact) mass is 918 g/mol. The van der Waals surface area contributed by atoms with Crippen LogP contribution in [0.4, 0.5) is 19.2 Å². The van der Waals surface area contributed by atoms with Crippen molar-refractivity contribution in [1.29, 1.82) is 15.8 Å². The Balaban J connectivity index is 0.000000894. The van der Waals surface area contributed by atoms with Gasteiger partial charge in [-0.25, -0.2) is 19.2 Å². The van der Waals surface area contributed by atoms with Gasteiger partial charge >= 0.3 is 24.4 Å². The summed E-state index contributed by atoms with van der Waals surface area (Å²) in [6.45, 7) is 20.3. The second kappa shape index (κ2) is 27.6. The van der Waals surface area contributed by atoms with Gasteiger partial charge in [0.25, 0.3) is 0 Å². The van der Waals surface area contributed by atoms with Crippen LogP contribution in [0.2, 0.25) is 0 Å². The van der Waals surface area contributed by atoms with E-state index in [1.54, 1.807) is 26.8 Å². The Morgan fingerprint density at radius 1 is 0.697 bits per heavy atom. The number of nitrogens with zero attached hydrogens (tertiary/aromatic N) is 6. The number of benzene rings is 2. The van der Waals surface area contributed by atoms with Crippen LogP contribution in [0.25, 0.3) is 0 Å². The maximum absolute atomic E-state index is 12.1. The molecule has 66 heavy (non-hydrogen) atoms. The number of ether oxygens (including phenoxy) is 4. The van der Waals surface area contributed by atoms with Crippen LogP contribution in [0.1, 0.15) is 99.0 Å². The number of amides is 4. The fourth-order valence-electron chi connectivity index (χ4n) is 5.84. The summed E-state index contributed by atoms with van der Waals surface area (Å²) in [5, 5.41) is 29.3. The van der Waals surface area contributed by atoms with Crippen molar-refractivity contribution in [2.75, 3.05) is 39.3 Å². The Bertz CT molecular complexity index is 2020. The van der Waals surface area contributed by atoms with Gasteiger partial charge in [0.15, 0.2) is 5.78 Å². The number of carbonyl (C=O) groups is 5. The van der Waals surface area contributed by atoms with Gasteiger partial charge in [-0.3, -0.25) is 9.69 Å². The van der Waals surface area contributed by atoms with Crippen LogP contribution in [-0.4, -0.2) is 113 Å². The molecule has 2 aromatic rings. The minimum absolute atomic E-state index is 0. The highest BCUT2D eigenvalue weighted by Crippen LogP contribution is 2.21. The summed E-state index contributed by atoms with van der Waals surface area (Å²) in [7, 11) is 0. The van der Waals surface area contributed by atoms with E-state index in [4.69, 9.17) is 35.2 Å². The van der Waals surface area contributed by atoms with E-state index in [-0.39, 0.29) is 57.1 Å². The van der Waals surface area contributed by atoms with Gasteiger partial charge in [0, 0.05) is 56.3 Å². The molecule has 0 radical (unpaired) electrons. The van der Waals surface area contributed by atoms with Crippen LogP contribution in [0.15, 0.2) is 72.3 Å². The SMILES string of the molecule is C.CC(C)(C)OC(=O)N1CC(C#N)C(NC(=O)OCc2ccccc2)C1.CC(C)(C)OC(=O)N1CC(N)C(C#N)C1.CC(C)(C)OC(=O)N1CC=C(C#N)C1.CCC(=O)c1ccccc1.N. The molecule has 2 fully saturated rings. The van der Waals surface area contributed by atoms with Crippen molar-refractivity contribution >= 4 is 30.2 Å². The lowest BCUT2D eigenvalue weighted by Gasteiger charge is -2.24. The zero-order chi connectivity index (χ0) is 48.3. The number of hydrogen-bond donors (Lipinski definition) is 3. The lowest BCUT2D eigenvalue weighted by atomic mass is 10.1. The molecule has 18 heteroatoms. The maximum atomic E-state index is 12.1. The molecular weight excluding hydrogens is 847 g/mol. The number of rotatable bonds is 5. The number of likely N-dealkylation sites (tertiary alicyclic amines) is 2. The van der Waals surface area contributed by atoms with Crippen molar-refractivity contribution in [2.24, 2.45) is 17.6 Å². The van der Waals surface area contributed by atoms with E-state index in [0.717, 1.165) is 11.1 Å². The molecule has 3 aliphatic rings. The number of nitrogens with one attached hydrogen (secondary N) is 1. The molecule has 0 spiro atoms. The van der Waals surface area contributed by atoms with E-state index in [1.807, 2.05) is 115 Å². The van der Waals surface area contributed by atoms with Crippen molar-refractivity contribution in [2.45, 2.75) is 119 Å². The van der Waals surface area contributed by atoms with E-state index in [2.05, 4.69) is 17.5 Å². The van der Waals surface area contributed by atoms with E-state index >= 15 is 0 Å². The minimum atomic E-state index is -0.612. The van der Waals surface area contributed by atoms with E-state index in [9.17, 15) is 29.2 Å². The third-order valence-corrected chi connectivity index (χ3v) is 8.97. The highest BCUT2D eigenvalue weighted by Gasteiger charge is 2.39. The Kier molecular flexibility index (Phi) is 24.8. The number of nitriles is 3. The summed E-state index contributed by atoms with van der Waals surface area (Å²) in [5.74, 6) is -0.574. The fraction of sp³-hybridized carbons (Fsp3) is 0.542. The number of hydrogen-bond acceptors (Lipinski definition) is 14. The van der Waals surface area contributed by atoms with E-state index in [1.165, 1.54) is 14.7 Å². The van der Waals surface area contributed by atoms with Crippen LogP contribution >= 0.6 is 0 Å². The molecule has 0 saturated carbocycles. The summed E-state index contributed by atoms with van der Waals surface area (Å²) >= 11 is 0. The smallest absolute Gasteiger partial charge is 0.410 e. The third-order valence-electron chi connectivity index (χ3n) is 8.97. The molecule has 3 aliphatic heterocycles. The van der Waals surface area contributed by atoms with Gasteiger partial charge in [0.05, 0.1) is 42.6 Å².